The van der Waals surface area contributed by atoms with E-state index < -0.39 is 0 Å². The van der Waals surface area contributed by atoms with Gasteiger partial charge in [-0.2, -0.15) is 0 Å². The van der Waals surface area contributed by atoms with Gasteiger partial charge in [-0.3, -0.25) is 4.79 Å². The molecule has 0 bridgehead atoms. The van der Waals surface area contributed by atoms with Gasteiger partial charge in [-0.15, -0.1) is 0 Å². The minimum atomic E-state index is 0.0107. The first-order chi connectivity index (χ1) is 10.0. The van der Waals surface area contributed by atoms with Gasteiger partial charge in [-0.05, 0) is 59.1 Å². The first-order valence-corrected chi connectivity index (χ1v) is 8.35. The maximum Gasteiger partial charge on any atom is 0.193 e. The Hall–Kier alpha value is -1.13. The molecule has 0 saturated carbocycles. The lowest BCUT2D eigenvalue weighted by Gasteiger charge is -2.10. The quantitative estimate of drug-likeness (QED) is 0.603. The summed E-state index contributed by atoms with van der Waals surface area (Å²) in [6.45, 7) is 4.66. The fourth-order valence-electron chi connectivity index (χ4n) is 1.98. The molecule has 0 aromatic heterocycles. The molecule has 21 heavy (non-hydrogen) atoms. The molecule has 0 fully saturated rings. The highest BCUT2D eigenvalue weighted by atomic mass is 79.9. The summed E-state index contributed by atoms with van der Waals surface area (Å²) in [4.78, 5) is 12.6. The predicted octanol–water partition coefficient (Wildman–Crippen LogP) is 5.54. The average Bonchev–Trinajstić information content (AvgIpc) is 2.48. The zero-order valence-electron chi connectivity index (χ0n) is 12.0. The Bertz CT molecular complexity index is 666. The number of hydrogen-bond acceptors (Lipinski definition) is 2. The number of benzene rings is 2. The number of rotatable bonds is 5. The summed E-state index contributed by atoms with van der Waals surface area (Å²) in [6, 6.07) is 11.1. The van der Waals surface area contributed by atoms with Gasteiger partial charge in [0.15, 0.2) is 5.78 Å². The van der Waals surface area contributed by atoms with Gasteiger partial charge in [0, 0.05) is 15.6 Å². The maximum absolute atomic E-state index is 12.6. The Morgan fingerprint density at radius 3 is 2.57 bits per heavy atom. The van der Waals surface area contributed by atoms with Crippen molar-refractivity contribution < 1.29 is 9.53 Å². The van der Waals surface area contributed by atoms with Crippen LogP contribution in [0.15, 0.2) is 45.3 Å². The predicted molar refractivity (Wildman–Crippen MR) is 92.2 cm³/mol. The van der Waals surface area contributed by atoms with Crippen molar-refractivity contribution in [3.05, 3.63) is 62.0 Å². The SMILES string of the molecule is CCCOc1ccc(C(=O)c2cccc(Br)c2C)cc1Br. The number of ketones is 1. The lowest BCUT2D eigenvalue weighted by Crippen LogP contribution is -2.05. The van der Waals surface area contributed by atoms with Crippen molar-refractivity contribution in [2.24, 2.45) is 0 Å². The lowest BCUT2D eigenvalue weighted by molar-refractivity contribution is 0.103. The standard InChI is InChI=1S/C17H16Br2O2/c1-3-9-21-16-8-7-12(10-15(16)19)17(20)13-5-4-6-14(18)11(13)2/h4-8,10H,3,9H2,1-2H3. The van der Waals surface area contributed by atoms with Crippen LogP contribution in [0, 0.1) is 6.92 Å². The normalized spacial score (nSPS) is 10.5. The van der Waals surface area contributed by atoms with Crippen LogP contribution in [0.4, 0.5) is 0 Å². The van der Waals surface area contributed by atoms with Crippen molar-refractivity contribution in [1.82, 2.24) is 0 Å². The highest BCUT2D eigenvalue weighted by molar-refractivity contribution is 9.10. The second kappa shape index (κ2) is 7.23. The fourth-order valence-corrected chi connectivity index (χ4v) is 2.84. The van der Waals surface area contributed by atoms with Gasteiger partial charge in [0.25, 0.3) is 0 Å². The molecule has 2 nitrogen and oxygen atoms in total. The van der Waals surface area contributed by atoms with E-state index >= 15 is 0 Å². The molecule has 0 heterocycles. The van der Waals surface area contributed by atoms with E-state index in [0.29, 0.717) is 17.7 Å². The maximum atomic E-state index is 12.6. The van der Waals surface area contributed by atoms with Crippen LogP contribution >= 0.6 is 31.9 Å². The Balaban J connectivity index is 2.32. The number of hydrogen-bond donors (Lipinski definition) is 0. The molecule has 2 rings (SSSR count). The third-order valence-electron chi connectivity index (χ3n) is 3.17. The molecule has 2 aromatic rings. The monoisotopic (exact) mass is 410 g/mol. The van der Waals surface area contributed by atoms with Gasteiger partial charge in [0.2, 0.25) is 0 Å². The molecule has 110 valence electrons. The fraction of sp³-hybridized carbons (Fsp3) is 0.235. The van der Waals surface area contributed by atoms with E-state index in [1.54, 1.807) is 6.07 Å². The van der Waals surface area contributed by atoms with Crippen molar-refractivity contribution in [2.45, 2.75) is 20.3 Å². The van der Waals surface area contributed by atoms with E-state index in [2.05, 4.69) is 38.8 Å². The Morgan fingerprint density at radius 2 is 1.90 bits per heavy atom. The molecular weight excluding hydrogens is 396 g/mol. The smallest absolute Gasteiger partial charge is 0.193 e. The third kappa shape index (κ3) is 3.74. The zero-order valence-corrected chi connectivity index (χ0v) is 15.1. The zero-order chi connectivity index (χ0) is 15.4. The Kier molecular flexibility index (Phi) is 5.59. The molecule has 0 aliphatic rings. The molecular formula is C17H16Br2O2. The number of halogens is 2. The summed E-state index contributed by atoms with van der Waals surface area (Å²) < 4.78 is 7.34. The van der Waals surface area contributed by atoms with Crippen molar-refractivity contribution in [1.29, 1.82) is 0 Å². The molecule has 0 N–H and O–H groups in total. The van der Waals surface area contributed by atoms with Gasteiger partial charge < -0.3 is 4.74 Å². The molecule has 0 spiro atoms. The van der Waals surface area contributed by atoms with Gasteiger partial charge in [0.1, 0.15) is 5.75 Å². The van der Waals surface area contributed by atoms with Crippen LogP contribution in [-0.4, -0.2) is 12.4 Å². The summed E-state index contributed by atoms with van der Waals surface area (Å²) in [6.07, 6.45) is 0.949. The summed E-state index contributed by atoms with van der Waals surface area (Å²) in [7, 11) is 0. The highest BCUT2D eigenvalue weighted by Gasteiger charge is 2.14. The summed E-state index contributed by atoms with van der Waals surface area (Å²) in [5.74, 6) is 0.774. The van der Waals surface area contributed by atoms with Crippen LogP contribution in [0.3, 0.4) is 0 Å². The number of carbonyl (C=O) groups is 1. The van der Waals surface area contributed by atoms with Crippen molar-refractivity contribution in [3.63, 3.8) is 0 Å². The molecule has 4 heteroatoms. The summed E-state index contributed by atoms with van der Waals surface area (Å²) >= 11 is 6.92. The van der Waals surface area contributed by atoms with Crippen LogP contribution in [0.5, 0.6) is 5.75 Å². The summed E-state index contributed by atoms with van der Waals surface area (Å²) in [5.41, 5.74) is 2.30. The molecule has 0 unspecified atom stereocenters. The van der Waals surface area contributed by atoms with Crippen molar-refractivity contribution >= 4 is 37.6 Å². The van der Waals surface area contributed by atoms with E-state index in [9.17, 15) is 4.79 Å². The minimum absolute atomic E-state index is 0.0107. The van der Waals surface area contributed by atoms with Crippen LogP contribution < -0.4 is 4.74 Å². The van der Waals surface area contributed by atoms with Crippen LogP contribution in [0.25, 0.3) is 0 Å². The minimum Gasteiger partial charge on any atom is -0.492 e. The van der Waals surface area contributed by atoms with Gasteiger partial charge in [-0.25, -0.2) is 0 Å². The van der Waals surface area contributed by atoms with Crippen LogP contribution in [0.2, 0.25) is 0 Å². The molecule has 2 aromatic carbocycles. The Labute approximate surface area is 141 Å². The molecule has 0 saturated heterocycles. The van der Waals surface area contributed by atoms with Crippen molar-refractivity contribution in [3.8, 4) is 5.75 Å². The first-order valence-electron chi connectivity index (χ1n) is 6.76. The van der Waals surface area contributed by atoms with Gasteiger partial charge in [-0.1, -0.05) is 35.0 Å². The largest absolute Gasteiger partial charge is 0.492 e. The molecule has 0 atom stereocenters. The van der Waals surface area contributed by atoms with Crippen molar-refractivity contribution in [2.75, 3.05) is 6.61 Å². The van der Waals surface area contributed by atoms with Gasteiger partial charge in [0.05, 0.1) is 11.1 Å². The Morgan fingerprint density at radius 1 is 1.14 bits per heavy atom. The van der Waals surface area contributed by atoms with E-state index in [1.807, 2.05) is 37.3 Å². The second-order valence-electron chi connectivity index (χ2n) is 4.74. The second-order valence-corrected chi connectivity index (χ2v) is 6.44. The van der Waals surface area contributed by atoms with E-state index in [1.165, 1.54) is 0 Å². The summed E-state index contributed by atoms with van der Waals surface area (Å²) in [5, 5.41) is 0. The molecule has 0 amide bonds. The van der Waals surface area contributed by atoms with Crippen LogP contribution in [0.1, 0.15) is 34.8 Å². The lowest BCUT2D eigenvalue weighted by atomic mass is 9.99. The highest BCUT2D eigenvalue weighted by Crippen LogP contribution is 2.28. The van der Waals surface area contributed by atoms with Crippen LogP contribution in [-0.2, 0) is 0 Å². The van der Waals surface area contributed by atoms with E-state index in [0.717, 1.165) is 26.7 Å². The average molecular weight is 412 g/mol. The third-order valence-corrected chi connectivity index (χ3v) is 4.65. The van der Waals surface area contributed by atoms with E-state index in [-0.39, 0.29) is 5.78 Å². The molecule has 0 radical (unpaired) electrons. The molecule has 0 aliphatic heterocycles. The van der Waals surface area contributed by atoms with E-state index in [4.69, 9.17) is 4.74 Å². The topological polar surface area (TPSA) is 26.3 Å². The number of carbonyl (C=O) groups excluding carboxylic acids is 1. The first kappa shape index (κ1) is 16.2. The number of ether oxygens (including phenoxy) is 1. The molecule has 0 aliphatic carbocycles. The van der Waals surface area contributed by atoms with Gasteiger partial charge >= 0.3 is 0 Å².